The highest BCUT2D eigenvalue weighted by Crippen LogP contribution is 2.23. The second-order valence-corrected chi connectivity index (χ2v) is 5.66. The Morgan fingerprint density at radius 2 is 2.14 bits per heavy atom. The molecule has 0 radical (unpaired) electrons. The maximum absolute atomic E-state index is 13.2. The Hall–Kier alpha value is -1.79. The molecule has 0 saturated heterocycles. The van der Waals surface area contributed by atoms with Crippen LogP contribution in [0.4, 0.5) is 4.39 Å². The third kappa shape index (κ3) is 4.11. The normalized spacial score (nSPS) is 13.6. The summed E-state index contributed by atoms with van der Waals surface area (Å²) in [6.07, 6.45) is -0.699. The Morgan fingerprint density at radius 1 is 1.36 bits per heavy atom. The van der Waals surface area contributed by atoms with E-state index in [0.717, 1.165) is 5.01 Å². The van der Waals surface area contributed by atoms with E-state index in [4.69, 9.17) is 9.47 Å². The van der Waals surface area contributed by atoms with Gasteiger partial charge in [-0.3, -0.25) is 0 Å². The van der Waals surface area contributed by atoms with Crippen LogP contribution in [-0.2, 0) is 9.47 Å². The molecule has 0 amide bonds. The van der Waals surface area contributed by atoms with Crippen LogP contribution in [0.2, 0.25) is 0 Å². The summed E-state index contributed by atoms with van der Waals surface area (Å²) in [6.45, 7) is 6.06. The molecular formula is C16H18FNO3S. The Labute approximate surface area is 132 Å². The Balaban J connectivity index is 2.03. The van der Waals surface area contributed by atoms with E-state index in [9.17, 15) is 9.18 Å². The van der Waals surface area contributed by atoms with Crippen LogP contribution in [0.3, 0.4) is 0 Å². The smallest absolute Gasteiger partial charge is 0.358 e. The lowest BCUT2D eigenvalue weighted by molar-refractivity contribution is 0.0329. The van der Waals surface area contributed by atoms with Crippen molar-refractivity contribution in [3.8, 4) is 0 Å². The van der Waals surface area contributed by atoms with Gasteiger partial charge in [-0.2, -0.15) is 0 Å². The molecular weight excluding hydrogens is 305 g/mol. The number of aromatic nitrogens is 1. The molecule has 6 heteroatoms. The molecule has 2 atom stereocenters. The number of thiazole rings is 1. The minimum Gasteiger partial charge on any atom is -0.453 e. The fourth-order valence-electron chi connectivity index (χ4n) is 1.94. The molecule has 1 aromatic heterocycles. The first-order valence-corrected chi connectivity index (χ1v) is 7.92. The topological polar surface area (TPSA) is 48.4 Å². The predicted octanol–water partition coefficient (Wildman–Crippen LogP) is 4.30. The van der Waals surface area contributed by atoms with Crippen LogP contribution in [0.15, 0.2) is 29.6 Å². The summed E-state index contributed by atoms with van der Waals surface area (Å²) in [5, 5.41) is 2.37. The molecule has 0 spiro atoms. The van der Waals surface area contributed by atoms with E-state index in [0.29, 0.717) is 12.2 Å². The average Bonchev–Trinajstić information content (AvgIpc) is 2.97. The van der Waals surface area contributed by atoms with E-state index in [1.54, 1.807) is 24.4 Å². The summed E-state index contributed by atoms with van der Waals surface area (Å²) in [7, 11) is 0. The third-order valence-electron chi connectivity index (χ3n) is 3.10. The summed E-state index contributed by atoms with van der Waals surface area (Å²) >= 11 is 1.35. The minimum atomic E-state index is -0.544. The highest BCUT2D eigenvalue weighted by Gasteiger charge is 2.19. The summed E-state index contributed by atoms with van der Waals surface area (Å²) in [6, 6.07) is 5.99. The zero-order chi connectivity index (χ0) is 16.1. The van der Waals surface area contributed by atoms with E-state index in [1.165, 1.54) is 23.5 Å². The molecule has 0 aliphatic heterocycles. The second kappa shape index (κ2) is 7.47. The lowest BCUT2D eigenvalue weighted by Gasteiger charge is -2.12. The van der Waals surface area contributed by atoms with Crippen LogP contribution in [-0.4, -0.2) is 17.6 Å². The van der Waals surface area contributed by atoms with Crippen LogP contribution in [0.25, 0.3) is 0 Å². The zero-order valence-electron chi connectivity index (χ0n) is 12.7. The number of nitrogens with zero attached hydrogens (tertiary/aromatic N) is 1. The average molecular weight is 323 g/mol. The monoisotopic (exact) mass is 323 g/mol. The van der Waals surface area contributed by atoms with Crippen LogP contribution in [0.1, 0.15) is 54.0 Å². The van der Waals surface area contributed by atoms with Gasteiger partial charge in [0, 0.05) is 12.0 Å². The maximum atomic E-state index is 13.2. The van der Waals surface area contributed by atoms with E-state index in [-0.39, 0.29) is 17.6 Å². The third-order valence-corrected chi connectivity index (χ3v) is 4.10. The molecule has 4 nitrogen and oxygen atoms in total. The van der Waals surface area contributed by atoms with Gasteiger partial charge in [0.2, 0.25) is 0 Å². The minimum absolute atomic E-state index is 0.155. The van der Waals surface area contributed by atoms with Crippen molar-refractivity contribution in [3.63, 3.8) is 0 Å². The van der Waals surface area contributed by atoms with Crippen molar-refractivity contribution in [1.29, 1.82) is 0 Å². The number of hydrogen-bond donors (Lipinski definition) is 0. The number of ether oxygens (including phenoxy) is 2. The Kier molecular flexibility index (Phi) is 5.63. The lowest BCUT2D eigenvalue weighted by Crippen LogP contribution is -2.10. The van der Waals surface area contributed by atoms with E-state index in [1.807, 2.05) is 13.8 Å². The molecule has 2 rings (SSSR count). The number of rotatable bonds is 6. The molecule has 0 saturated carbocycles. The second-order valence-electron chi connectivity index (χ2n) is 4.77. The fourth-order valence-corrected chi connectivity index (χ4v) is 2.73. The van der Waals surface area contributed by atoms with Crippen LogP contribution in [0.5, 0.6) is 0 Å². The molecule has 0 N–H and O–H groups in total. The number of hydrogen-bond acceptors (Lipinski definition) is 5. The molecule has 22 heavy (non-hydrogen) atoms. The molecule has 0 fully saturated rings. The predicted molar refractivity (Wildman–Crippen MR) is 82.4 cm³/mol. The van der Waals surface area contributed by atoms with Gasteiger partial charge in [0.05, 0.1) is 0 Å². The fraction of sp³-hybridized carbons (Fsp3) is 0.375. The van der Waals surface area contributed by atoms with Crippen LogP contribution in [0, 0.1) is 5.82 Å². The van der Waals surface area contributed by atoms with E-state index < -0.39 is 12.1 Å². The molecule has 1 heterocycles. The number of benzene rings is 1. The van der Waals surface area contributed by atoms with Crippen molar-refractivity contribution in [1.82, 2.24) is 4.98 Å². The number of halogens is 1. The quantitative estimate of drug-likeness (QED) is 0.744. The van der Waals surface area contributed by atoms with Gasteiger partial charge < -0.3 is 9.47 Å². The molecule has 0 aliphatic carbocycles. The number of carbonyl (C=O) groups is 1. The van der Waals surface area contributed by atoms with Gasteiger partial charge in [-0.05, 0) is 38.5 Å². The van der Waals surface area contributed by atoms with Gasteiger partial charge in [-0.25, -0.2) is 14.2 Å². The number of esters is 1. The van der Waals surface area contributed by atoms with Crippen molar-refractivity contribution in [3.05, 3.63) is 51.7 Å². The van der Waals surface area contributed by atoms with Crippen LogP contribution < -0.4 is 0 Å². The first-order valence-electron chi connectivity index (χ1n) is 7.04. The van der Waals surface area contributed by atoms with Crippen molar-refractivity contribution in [2.45, 2.75) is 33.0 Å². The van der Waals surface area contributed by atoms with E-state index >= 15 is 0 Å². The van der Waals surface area contributed by atoms with E-state index in [2.05, 4.69) is 4.98 Å². The van der Waals surface area contributed by atoms with Crippen molar-refractivity contribution in [2.75, 3.05) is 6.61 Å². The molecule has 1 aromatic carbocycles. The van der Waals surface area contributed by atoms with Gasteiger partial charge in [-0.1, -0.05) is 12.1 Å². The highest BCUT2D eigenvalue weighted by atomic mass is 32.1. The molecule has 118 valence electrons. The zero-order valence-corrected chi connectivity index (χ0v) is 13.5. The standard InChI is InChI=1S/C16H18FNO3S/c1-4-20-11(3)15-18-14(9-22-15)16(19)21-10(2)12-6-5-7-13(17)8-12/h5-11H,4H2,1-3H3/t10-,11+/m1/s1. The Morgan fingerprint density at radius 3 is 2.82 bits per heavy atom. The SMILES string of the molecule is CCO[C@@H](C)c1nc(C(=O)O[C@H](C)c2cccc(F)c2)cs1. The lowest BCUT2D eigenvalue weighted by atomic mass is 10.1. The van der Waals surface area contributed by atoms with Gasteiger partial charge >= 0.3 is 5.97 Å². The van der Waals surface area contributed by atoms with Gasteiger partial charge in [0.25, 0.3) is 0 Å². The summed E-state index contributed by atoms with van der Waals surface area (Å²) < 4.78 is 24.0. The Bertz CT molecular complexity index is 644. The number of carbonyl (C=O) groups excluding carboxylic acids is 1. The highest BCUT2D eigenvalue weighted by molar-refractivity contribution is 7.09. The molecule has 0 aliphatic rings. The molecule has 2 aromatic rings. The molecule has 0 bridgehead atoms. The summed E-state index contributed by atoms with van der Waals surface area (Å²) in [4.78, 5) is 16.3. The first-order chi connectivity index (χ1) is 10.5. The first kappa shape index (κ1) is 16.6. The summed E-state index contributed by atoms with van der Waals surface area (Å²) in [5.41, 5.74) is 0.848. The van der Waals surface area contributed by atoms with Gasteiger partial charge in [-0.15, -0.1) is 11.3 Å². The van der Waals surface area contributed by atoms with Crippen molar-refractivity contribution < 1.29 is 18.7 Å². The van der Waals surface area contributed by atoms with Gasteiger partial charge in [0.15, 0.2) is 5.69 Å². The van der Waals surface area contributed by atoms with Gasteiger partial charge in [0.1, 0.15) is 23.0 Å². The van der Waals surface area contributed by atoms with Crippen LogP contribution >= 0.6 is 11.3 Å². The molecule has 0 unspecified atom stereocenters. The largest absolute Gasteiger partial charge is 0.453 e. The van der Waals surface area contributed by atoms with Crippen molar-refractivity contribution in [2.24, 2.45) is 0 Å². The van der Waals surface area contributed by atoms with Crippen molar-refractivity contribution >= 4 is 17.3 Å². The maximum Gasteiger partial charge on any atom is 0.358 e. The summed E-state index contributed by atoms with van der Waals surface area (Å²) in [5.74, 6) is -0.884.